The van der Waals surface area contributed by atoms with Crippen LogP contribution >= 0.6 is 0 Å². The number of nitrogens with zero attached hydrogens (tertiary/aromatic N) is 5. The Morgan fingerprint density at radius 1 is 1.17 bits per heavy atom. The van der Waals surface area contributed by atoms with Crippen molar-refractivity contribution < 1.29 is 4.92 Å². The van der Waals surface area contributed by atoms with E-state index in [2.05, 4.69) is 44.5 Å². The average Bonchev–Trinajstić information content (AvgIpc) is 2.73. The van der Waals surface area contributed by atoms with E-state index >= 15 is 0 Å². The van der Waals surface area contributed by atoms with Crippen LogP contribution in [0.2, 0.25) is 0 Å². The van der Waals surface area contributed by atoms with Crippen molar-refractivity contribution in [2.75, 3.05) is 22.6 Å². The fourth-order valence-corrected chi connectivity index (χ4v) is 2.78. The lowest BCUT2D eigenvalue weighted by Gasteiger charge is -2.23. The molecule has 0 saturated heterocycles. The quantitative estimate of drug-likeness (QED) is 0.342. The zero-order chi connectivity index (χ0) is 20.6. The lowest BCUT2D eigenvalue weighted by Crippen LogP contribution is -2.21. The molecule has 0 aliphatic carbocycles. The summed E-state index contributed by atoms with van der Waals surface area (Å²) in [5.74, 6) is -0.277. The van der Waals surface area contributed by atoms with E-state index in [1.54, 1.807) is 6.21 Å². The molecule has 0 aliphatic heterocycles. The second-order valence-electron chi connectivity index (χ2n) is 6.17. The smallest absolute Gasteiger partial charge is 0.354 e. The van der Waals surface area contributed by atoms with Gasteiger partial charge in [0.1, 0.15) is 6.33 Å². The molecular formula is C20H21N7O2. The molecule has 0 fully saturated rings. The van der Waals surface area contributed by atoms with Gasteiger partial charge in [0, 0.05) is 18.8 Å². The summed E-state index contributed by atoms with van der Waals surface area (Å²) >= 11 is 0. The van der Waals surface area contributed by atoms with Gasteiger partial charge >= 0.3 is 5.69 Å². The predicted molar refractivity (Wildman–Crippen MR) is 114 cm³/mol. The molecule has 0 unspecified atom stereocenters. The van der Waals surface area contributed by atoms with Crippen LogP contribution in [0, 0.1) is 10.1 Å². The lowest BCUT2D eigenvalue weighted by molar-refractivity contribution is -0.383. The van der Waals surface area contributed by atoms with E-state index in [-0.39, 0.29) is 11.6 Å². The summed E-state index contributed by atoms with van der Waals surface area (Å²) < 4.78 is 0. The van der Waals surface area contributed by atoms with E-state index in [1.807, 2.05) is 42.5 Å². The van der Waals surface area contributed by atoms with Crippen LogP contribution in [0.5, 0.6) is 0 Å². The Morgan fingerprint density at radius 2 is 1.90 bits per heavy atom. The first-order valence-corrected chi connectivity index (χ1v) is 9.01. The Balaban J connectivity index is 1.67. The van der Waals surface area contributed by atoms with Crippen LogP contribution in [0.15, 0.2) is 66.0 Å². The molecule has 9 heteroatoms. The number of anilines is 3. The molecule has 148 valence electrons. The Labute approximate surface area is 168 Å². The van der Waals surface area contributed by atoms with Crippen LogP contribution in [-0.2, 0) is 6.54 Å². The highest BCUT2D eigenvalue weighted by Gasteiger charge is 2.20. The molecule has 0 spiro atoms. The van der Waals surface area contributed by atoms with Crippen LogP contribution in [0.25, 0.3) is 0 Å². The van der Waals surface area contributed by atoms with Crippen LogP contribution in [0.4, 0.5) is 23.0 Å². The Hall–Kier alpha value is -4.01. The van der Waals surface area contributed by atoms with Crippen molar-refractivity contribution in [2.24, 2.45) is 5.10 Å². The third-order valence-corrected chi connectivity index (χ3v) is 4.27. The van der Waals surface area contributed by atoms with Crippen molar-refractivity contribution in [3.05, 3.63) is 82.2 Å². The molecule has 0 bridgehead atoms. The lowest BCUT2D eigenvalue weighted by atomic mass is 10.1. The number of hydrogen-bond acceptors (Lipinski definition) is 8. The van der Waals surface area contributed by atoms with Gasteiger partial charge in [-0.25, -0.2) is 9.97 Å². The molecule has 0 amide bonds. The second-order valence-corrected chi connectivity index (χ2v) is 6.17. The van der Waals surface area contributed by atoms with Crippen LogP contribution < -0.4 is 16.1 Å². The van der Waals surface area contributed by atoms with Gasteiger partial charge in [0.25, 0.3) is 0 Å². The van der Waals surface area contributed by atoms with Gasteiger partial charge in [-0.3, -0.25) is 15.5 Å². The van der Waals surface area contributed by atoms with Gasteiger partial charge in [0.2, 0.25) is 11.6 Å². The minimum absolute atomic E-state index is 0.0598. The highest BCUT2D eigenvalue weighted by atomic mass is 16.6. The van der Waals surface area contributed by atoms with Gasteiger partial charge in [-0.2, -0.15) is 5.10 Å². The first-order valence-electron chi connectivity index (χ1n) is 9.01. The van der Waals surface area contributed by atoms with Gasteiger partial charge in [-0.05, 0) is 30.2 Å². The first-order chi connectivity index (χ1) is 14.1. The number of hydrazone groups is 1. The molecule has 2 aromatic carbocycles. The third kappa shape index (κ3) is 5.04. The molecule has 29 heavy (non-hydrogen) atoms. The summed E-state index contributed by atoms with van der Waals surface area (Å²) in [6.45, 7) is 3.82. The van der Waals surface area contributed by atoms with E-state index in [0.717, 1.165) is 30.7 Å². The van der Waals surface area contributed by atoms with Crippen molar-refractivity contribution in [3.8, 4) is 0 Å². The number of rotatable bonds is 8. The fraction of sp³-hybridized carbons (Fsp3) is 0.150. The van der Waals surface area contributed by atoms with Crippen LogP contribution in [0.1, 0.15) is 18.1 Å². The standard InChI is InChI=1S/C20H21N7O2/c1-2-26(13-16-6-4-3-5-7-16)17-10-8-15(9-11-17)12-24-25-20-18(27(28)29)19(21)22-14-23-20/h3-12,14H,2,13H2,1H3,(H3,21,22,23,25)/b24-12+. The van der Waals surface area contributed by atoms with Crippen molar-refractivity contribution in [1.82, 2.24) is 9.97 Å². The van der Waals surface area contributed by atoms with E-state index in [4.69, 9.17) is 5.73 Å². The zero-order valence-corrected chi connectivity index (χ0v) is 15.9. The summed E-state index contributed by atoms with van der Waals surface area (Å²) in [6, 6.07) is 18.2. The highest BCUT2D eigenvalue weighted by Crippen LogP contribution is 2.26. The summed E-state index contributed by atoms with van der Waals surface area (Å²) in [6.07, 6.45) is 2.69. The van der Waals surface area contributed by atoms with Gasteiger partial charge in [0.15, 0.2) is 0 Å². The number of aromatic nitrogens is 2. The molecule has 1 aromatic heterocycles. The maximum Gasteiger partial charge on any atom is 0.354 e. The molecule has 9 nitrogen and oxygen atoms in total. The number of nitrogen functional groups attached to an aromatic ring is 1. The molecule has 3 rings (SSSR count). The minimum atomic E-state index is -0.645. The molecule has 0 saturated carbocycles. The fourth-order valence-electron chi connectivity index (χ4n) is 2.78. The number of benzene rings is 2. The average molecular weight is 391 g/mol. The number of nitro groups is 1. The van der Waals surface area contributed by atoms with Gasteiger partial charge in [-0.15, -0.1) is 0 Å². The van der Waals surface area contributed by atoms with Gasteiger partial charge < -0.3 is 10.6 Å². The SMILES string of the molecule is CCN(Cc1ccccc1)c1ccc(/C=N/Nc2ncnc(N)c2[N+](=O)[O-])cc1. The molecule has 0 radical (unpaired) electrons. The Bertz CT molecular complexity index is 991. The van der Waals surface area contributed by atoms with Crippen molar-refractivity contribution in [2.45, 2.75) is 13.5 Å². The molecule has 3 N–H and O–H groups in total. The number of hydrogen-bond donors (Lipinski definition) is 2. The van der Waals surface area contributed by atoms with Crippen LogP contribution in [-0.4, -0.2) is 27.7 Å². The van der Waals surface area contributed by atoms with Crippen molar-refractivity contribution >= 4 is 29.2 Å². The number of nitrogens with two attached hydrogens (primary N) is 1. The van der Waals surface area contributed by atoms with Crippen molar-refractivity contribution in [3.63, 3.8) is 0 Å². The normalized spacial score (nSPS) is 10.8. The van der Waals surface area contributed by atoms with E-state index in [0.29, 0.717) is 0 Å². The maximum atomic E-state index is 11.1. The second kappa shape index (κ2) is 9.27. The summed E-state index contributed by atoms with van der Waals surface area (Å²) in [7, 11) is 0. The van der Waals surface area contributed by atoms with Crippen LogP contribution in [0.3, 0.4) is 0 Å². The largest absolute Gasteiger partial charge is 0.378 e. The maximum absolute atomic E-state index is 11.1. The third-order valence-electron chi connectivity index (χ3n) is 4.27. The first kappa shape index (κ1) is 19.7. The summed E-state index contributed by atoms with van der Waals surface area (Å²) in [5.41, 5.74) is 10.9. The zero-order valence-electron chi connectivity index (χ0n) is 15.9. The van der Waals surface area contributed by atoms with Gasteiger partial charge in [-0.1, -0.05) is 42.5 Å². The monoisotopic (exact) mass is 391 g/mol. The van der Waals surface area contributed by atoms with E-state index < -0.39 is 10.6 Å². The van der Waals surface area contributed by atoms with E-state index in [9.17, 15) is 10.1 Å². The molecule has 1 heterocycles. The minimum Gasteiger partial charge on any atom is -0.378 e. The summed E-state index contributed by atoms with van der Waals surface area (Å²) in [4.78, 5) is 20.1. The molecule has 0 aliphatic rings. The van der Waals surface area contributed by atoms with Gasteiger partial charge in [0.05, 0.1) is 11.1 Å². The predicted octanol–water partition coefficient (Wildman–Crippen LogP) is 3.44. The summed E-state index contributed by atoms with van der Waals surface area (Å²) in [5, 5.41) is 15.1. The Morgan fingerprint density at radius 3 is 2.55 bits per heavy atom. The Kier molecular flexibility index (Phi) is 6.31. The molecule has 3 aromatic rings. The molecular weight excluding hydrogens is 370 g/mol. The molecule has 0 atom stereocenters. The van der Waals surface area contributed by atoms with Crippen molar-refractivity contribution in [1.29, 1.82) is 0 Å². The highest BCUT2D eigenvalue weighted by molar-refractivity contribution is 5.81. The number of nitrogens with one attached hydrogen (secondary N) is 1. The topological polar surface area (TPSA) is 123 Å². The van der Waals surface area contributed by atoms with E-state index in [1.165, 1.54) is 5.56 Å².